The van der Waals surface area contributed by atoms with Crippen LogP contribution < -0.4 is 10.2 Å². The lowest BCUT2D eigenvalue weighted by atomic mass is 10.2. The maximum Gasteiger partial charge on any atom is 0.276 e. The highest BCUT2D eigenvalue weighted by molar-refractivity contribution is 6.05. The normalized spacial score (nSPS) is 10.7. The molecule has 128 valence electrons. The van der Waals surface area contributed by atoms with Crippen LogP contribution in [0.15, 0.2) is 48.7 Å². The quantitative estimate of drug-likeness (QED) is 0.757. The molecule has 0 aliphatic rings. The number of para-hydroxylation sites is 1. The van der Waals surface area contributed by atoms with Gasteiger partial charge in [0.05, 0.1) is 0 Å². The summed E-state index contributed by atoms with van der Waals surface area (Å²) in [5, 5.41) is 3.35. The third-order valence-corrected chi connectivity index (χ3v) is 3.72. The monoisotopic (exact) mass is 326 g/mol. The Morgan fingerprint density at radius 1 is 1.17 bits per heavy atom. The summed E-state index contributed by atoms with van der Waals surface area (Å²) in [5.41, 5.74) is 2.27. The largest absolute Gasteiger partial charge is 0.385 e. The van der Waals surface area contributed by atoms with Crippen LogP contribution in [0.1, 0.15) is 23.8 Å². The number of carbonyl (C=O) groups excluding carboxylic acids is 1. The Balaban J connectivity index is 2.05. The van der Waals surface area contributed by atoms with E-state index in [0.717, 1.165) is 30.9 Å². The van der Waals surface area contributed by atoms with Crippen molar-refractivity contribution in [2.24, 2.45) is 0 Å². The van der Waals surface area contributed by atoms with E-state index in [2.05, 4.69) is 29.3 Å². The van der Waals surface area contributed by atoms with E-state index in [9.17, 15) is 4.79 Å². The second-order valence-electron chi connectivity index (χ2n) is 5.90. The summed E-state index contributed by atoms with van der Waals surface area (Å²) in [4.78, 5) is 20.9. The molecular formula is C19H26N4O. The van der Waals surface area contributed by atoms with Crippen molar-refractivity contribution >= 4 is 17.3 Å². The van der Waals surface area contributed by atoms with E-state index in [1.807, 2.05) is 49.4 Å². The van der Waals surface area contributed by atoms with E-state index < -0.39 is 0 Å². The molecule has 0 fully saturated rings. The summed E-state index contributed by atoms with van der Waals surface area (Å²) in [6, 6.07) is 13.4. The van der Waals surface area contributed by atoms with Crippen molar-refractivity contribution in [3.8, 4) is 0 Å². The van der Waals surface area contributed by atoms with Crippen molar-refractivity contribution in [3.05, 3.63) is 54.4 Å². The molecule has 0 radical (unpaired) electrons. The first-order valence-corrected chi connectivity index (χ1v) is 8.33. The minimum absolute atomic E-state index is 0.0827. The molecule has 2 aromatic rings. The molecule has 1 aromatic heterocycles. The predicted molar refractivity (Wildman–Crippen MR) is 99.7 cm³/mol. The van der Waals surface area contributed by atoms with E-state index in [1.165, 1.54) is 0 Å². The first-order valence-electron chi connectivity index (χ1n) is 8.33. The highest BCUT2D eigenvalue weighted by atomic mass is 16.2. The van der Waals surface area contributed by atoms with Gasteiger partial charge in [-0.2, -0.15) is 0 Å². The molecule has 0 saturated heterocycles. The molecule has 0 aliphatic heterocycles. The fourth-order valence-electron chi connectivity index (χ4n) is 2.48. The van der Waals surface area contributed by atoms with Crippen LogP contribution in [0.5, 0.6) is 0 Å². The smallest absolute Gasteiger partial charge is 0.276 e. The molecule has 0 aliphatic carbocycles. The summed E-state index contributed by atoms with van der Waals surface area (Å²) < 4.78 is 0. The molecule has 0 atom stereocenters. The molecule has 0 unspecified atom stereocenters. The zero-order valence-electron chi connectivity index (χ0n) is 14.7. The van der Waals surface area contributed by atoms with Crippen molar-refractivity contribution in [1.29, 1.82) is 0 Å². The summed E-state index contributed by atoms with van der Waals surface area (Å²) in [5.74, 6) is -0.0827. The molecule has 1 heterocycles. The minimum atomic E-state index is -0.0827. The molecule has 1 aromatic carbocycles. The molecular weight excluding hydrogens is 300 g/mol. The van der Waals surface area contributed by atoms with Gasteiger partial charge in [0.2, 0.25) is 0 Å². The second kappa shape index (κ2) is 9.03. The molecule has 1 N–H and O–H groups in total. The standard InChI is InChI=1S/C19H26N4O/c1-4-23(17-9-6-5-7-10-17)19(24)18-15-16(11-13-21-18)20-12-8-14-22(2)3/h5-7,9-11,13,15H,4,8,12,14H2,1-3H3,(H,20,21). The molecule has 0 bridgehead atoms. The second-order valence-corrected chi connectivity index (χ2v) is 5.90. The van der Waals surface area contributed by atoms with Gasteiger partial charge in [-0.05, 0) is 58.3 Å². The van der Waals surface area contributed by atoms with Gasteiger partial charge in [-0.15, -0.1) is 0 Å². The Labute approximate surface area is 144 Å². The number of pyridine rings is 1. The van der Waals surface area contributed by atoms with Gasteiger partial charge < -0.3 is 15.1 Å². The van der Waals surface area contributed by atoms with Crippen molar-refractivity contribution in [2.45, 2.75) is 13.3 Å². The fraction of sp³-hybridized carbons (Fsp3) is 0.368. The van der Waals surface area contributed by atoms with Crippen molar-refractivity contribution in [3.63, 3.8) is 0 Å². The zero-order valence-corrected chi connectivity index (χ0v) is 14.7. The van der Waals surface area contributed by atoms with Crippen molar-refractivity contribution in [1.82, 2.24) is 9.88 Å². The summed E-state index contributed by atoms with van der Waals surface area (Å²) in [6.45, 7) is 4.47. The van der Waals surface area contributed by atoms with Crippen LogP contribution in [-0.2, 0) is 0 Å². The Morgan fingerprint density at radius 3 is 2.58 bits per heavy atom. The molecule has 5 heteroatoms. The number of carbonyl (C=O) groups is 1. The van der Waals surface area contributed by atoms with Crippen LogP contribution in [0.3, 0.4) is 0 Å². The van der Waals surface area contributed by atoms with Gasteiger partial charge >= 0.3 is 0 Å². The van der Waals surface area contributed by atoms with E-state index >= 15 is 0 Å². The highest BCUT2D eigenvalue weighted by Gasteiger charge is 2.17. The lowest BCUT2D eigenvalue weighted by molar-refractivity contribution is 0.0983. The van der Waals surface area contributed by atoms with E-state index in [0.29, 0.717) is 12.2 Å². The summed E-state index contributed by atoms with van der Waals surface area (Å²) >= 11 is 0. The Kier molecular flexibility index (Phi) is 6.75. The van der Waals surface area contributed by atoms with Crippen LogP contribution in [0.2, 0.25) is 0 Å². The van der Waals surface area contributed by atoms with Crippen molar-refractivity contribution in [2.75, 3.05) is 43.9 Å². The number of hydrogen-bond acceptors (Lipinski definition) is 4. The lowest BCUT2D eigenvalue weighted by Crippen LogP contribution is -2.31. The summed E-state index contributed by atoms with van der Waals surface area (Å²) in [6.07, 6.45) is 2.73. The van der Waals surface area contributed by atoms with Gasteiger partial charge in [-0.3, -0.25) is 9.78 Å². The number of nitrogens with one attached hydrogen (secondary N) is 1. The number of nitrogens with zero attached hydrogens (tertiary/aromatic N) is 3. The van der Waals surface area contributed by atoms with Crippen LogP contribution >= 0.6 is 0 Å². The van der Waals surface area contributed by atoms with Gasteiger partial charge in [0, 0.05) is 30.7 Å². The minimum Gasteiger partial charge on any atom is -0.385 e. The fourth-order valence-corrected chi connectivity index (χ4v) is 2.48. The predicted octanol–water partition coefficient (Wildman–Crippen LogP) is 3.11. The number of anilines is 2. The number of hydrogen-bond donors (Lipinski definition) is 1. The average molecular weight is 326 g/mol. The van der Waals surface area contributed by atoms with Gasteiger partial charge in [-0.1, -0.05) is 18.2 Å². The van der Waals surface area contributed by atoms with Gasteiger partial charge in [0.1, 0.15) is 5.69 Å². The number of aromatic nitrogens is 1. The zero-order chi connectivity index (χ0) is 17.4. The number of rotatable bonds is 8. The topological polar surface area (TPSA) is 48.5 Å². The van der Waals surface area contributed by atoms with E-state index in [1.54, 1.807) is 11.1 Å². The maximum atomic E-state index is 12.8. The van der Waals surface area contributed by atoms with E-state index in [-0.39, 0.29) is 5.91 Å². The van der Waals surface area contributed by atoms with Crippen LogP contribution in [0, 0.1) is 0 Å². The number of benzene rings is 1. The van der Waals surface area contributed by atoms with Crippen LogP contribution in [0.4, 0.5) is 11.4 Å². The molecule has 24 heavy (non-hydrogen) atoms. The highest BCUT2D eigenvalue weighted by Crippen LogP contribution is 2.17. The lowest BCUT2D eigenvalue weighted by Gasteiger charge is -2.20. The van der Waals surface area contributed by atoms with Gasteiger partial charge in [0.25, 0.3) is 5.91 Å². The van der Waals surface area contributed by atoms with Crippen LogP contribution in [0.25, 0.3) is 0 Å². The van der Waals surface area contributed by atoms with Crippen LogP contribution in [-0.4, -0.2) is 49.5 Å². The first-order chi connectivity index (χ1) is 11.6. The van der Waals surface area contributed by atoms with Crippen molar-refractivity contribution < 1.29 is 4.79 Å². The molecule has 5 nitrogen and oxygen atoms in total. The first kappa shape index (κ1) is 17.9. The molecule has 2 rings (SSSR count). The molecule has 0 saturated carbocycles. The average Bonchev–Trinajstić information content (AvgIpc) is 2.60. The van der Waals surface area contributed by atoms with E-state index in [4.69, 9.17) is 0 Å². The Bertz CT molecular complexity index is 643. The Morgan fingerprint density at radius 2 is 1.92 bits per heavy atom. The Hall–Kier alpha value is -2.40. The third-order valence-electron chi connectivity index (χ3n) is 3.72. The summed E-state index contributed by atoms with van der Waals surface area (Å²) in [7, 11) is 4.12. The number of amides is 1. The molecule has 0 spiro atoms. The SMILES string of the molecule is CCN(C(=O)c1cc(NCCCN(C)C)ccn1)c1ccccc1. The van der Waals surface area contributed by atoms with Gasteiger partial charge in [-0.25, -0.2) is 0 Å². The van der Waals surface area contributed by atoms with Gasteiger partial charge in [0.15, 0.2) is 0 Å². The third kappa shape index (κ3) is 5.06. The molecule has 1 amide bonds. The maximum absolute atomic E-state index is 12.8.